The molecule has 68 valence electrons. The third kappa shape index (κ3) is 2.08. The second kappa shape index (κ2) is 3.19. The molecule has 1 nitrogen and oxygen atoms in total. The summed E-state index contributed by atoms with van der Waals surface area (Å²) < 4.78 is 0. The first kappa shape index (κ1) is 9.75. The van der Waals surface area contributed by atoms with Gasteiger partial charge in [-0.2, -0.15) is 0 Å². The first-order valence-electron chi connectivity index (χ1n) is 4.22. The molecule has 1 aromatic rings. The van der Waals surface area contributed by atoms with Gasteiger partial charge < -0.3 is 5.11 Å². The van der Waals surface area contributed by atoms with E-state index in [0.717, 1.165) is 5.56 Å². The van der Waals surface area contributed by atoms with Crippen molar-refractivity contribution in [2.45, 2.75) is 39.2 Å². The van der Waals surface area contributed by atoms with E-state index in [1.54, 1.807) is 11.3 Å². The van der Waals surface area contributed by atoms with Crippen LogP contribution in [0.25, 0.3) is 0 Å². The zero-order chi connectivity index (χ0) is 9.35. The summed E-state index contributed by atoms with van der Waals surface area (Å²) >= 11 is 1.72. The van der Waals surface area contributed by atoms with Gasteiger partial charge in [-0.1, -0.05) is 13.8 Å². The van der Waals surface area contributed by atoms with Crippen LogP contribution in [0, 0.1) is 0 Å². The lowest BCUT2D eigenvalue weighted by atomic mass is 10.0. The summed E-state index contributed by atoms with van der Waals surface area (Å²) in [5, 5.41) is 11.7. The van der Waals surface area contributed by atoms with Crippen molar-refractivity contribution >= 4 is 11.3 Å². The molecule has 0 aliphatic rings. The van der Waals surface area contributed by atoms with E-state index in [4.69, 9.17) is 0 Å². The van der Waals surface area contributed by atoms with Gasteiger partial charge in [-0.25, -0.2) is 0 Å². The van der Waals surface area contributed by atoms with E-state index < -0.39 is 5.60 Å². The third-order valence-corrected chi connectivity index (χ3v) is 3.13. The Hall–Kier alpha value is -0.340. The zero-order valence-corrected chi connectivity index (χ0v) is 8.90. The van der Waals surface area contributed by atoms with Gasteiger partial charge in [0.2, 0.25) is 0 Å². The number of rotatable bonds is 2. The molecule has 1 heterocycles. The molecule has 0 unspecified atom stereocenters. The summed E-state index contributed by atoms with van der Waals surface area (Å²) in [6, 6.07) is 2.09. The minimum atomic E-state index is -0.691. The lowest BCUT2D eigenvalue weighted by molar-refractivity contribution is 0.0790. The smallest absolute Gasteiger partial charge is 0.0848 e. The maximum absolute atomic E-state index is 9.69. The first-order chi connectivity index (χ1) is 5.41. The topological polar surface area (TPSA) is 20.2 Å². The number of hydrogen-bond acceptors (Lipinski definition) is 2. The predicted octanol–water partition coefficient (Wildman–Crippen LogP) is 3.10. The SMILES string of the molecule is CC(C)c1cc(C(C)(C)O)cs1. The fourth-order valence-electron chi connectivity index (χ4n) is 0.976. The van der Waals surface area contributed by atoms with E-state index in [1.165, 1.54) is 4.88 Å². The van der Waals surface area contributed by atoms with Crippen LogP contribution in [-0.2, 0) is 5.60 Å². The number of thiophene rings is 1. The van der Waals surface area contributed by atoms with Crippen LogP contribution in [0.3, 0.4) is 0 Å². The lowest BCUT2D eigenvalue weighted by Crippen LogP contribution is -2.13. The van der Waals surface area contributed by atoms with Gasteiger partial charge in [-0.15, -0.1) is 11.3 Å². The van der Waals surface area contributed by atoms with E-state index in [0.29, 0.717) is 5.92 Å². The molecule has 0 saturated heterocycles. The third-order valence-electron chi connectivity index (χ3n) is 1.90. The van der Waals surface area contributed by atoms with Crippen LogP contribution < -0.4 is 0 Å². The monoisotopic (exact) mass is 184 g/mol. The van der Waals surface area contributed by atoms with Gasteiger partial charge in [0.1, 0.15) is 0 Å². The largest absolute Gasteiger partial charge is 0.386 e. The highest BCUT2D eigenvalue weighted by Crippen LogP contribution is 2.29. The van der Waals surface area contributed by atoms with Crippen LogP contribution in [0.4, 0.5) is 0 Å². The summed E-state index contributed by atoms with van der Waals surface area (Å²) in [6.07, 6.45) is 0. The highest BCUT2D eigenvalue weighted by molar-refractivity contribution is 7.10. The molecule has 2 heteroatoms. The molecule has 1 rings (SSSR count). The average molecular weight is 184 g/mol. The van der Waals surface area contributed by atoms with Crippen molar-refractivity contribution in [3.05, 3.63) is 21.9 Å². The molecule has 0 spiro atoms. The molecule has 0 saturated carbocycles. The van der Waals surface area contributed by atoms with E-state index >= 15 is 0 Å². The predicted molar refractivity (Wildman–Crippen MR) is 53.7 cm³/mol. The van der Waals surface area contributed by atoms with E-state index in [-0.39, 0.29) is 0 Å². The van der Waals surface area contributed by atoms with Gasteiger partial charge in [-0.3, -0.25) is 0 Å². The zero-order valence-electron chi connectivity index (χ0n) is 8.09. The molecule has 0 radical (unpaired) electrons. The Morgan fingerprint density at radius 3 is 2.25 bits per heavy atom. The fourth-order valence-corrected chi connectivity index (χ4v) is 2.06. The van der Waals surface area contributed by atoms with E-state index in [2.05, 4.69) is 19.9 Å². The van der Waals surface area contributed by atoms with Gasteiger partial charge in [0, 0.05) is 4.88 Å². The number of aliphatic hydroxyl groups is 1. The molecular formula is C10H16OS. The maximum atomic E-state index is 9.69. The first-order valence-corrected chi connectivity index (χ1v) is 5.10. The summed E-state index contributed by atoms with van der Waals surface area (Å²) in [5.41, 5.74) is 0.333. The van der Waals surface area contributed by atoms with Crippen LogP contribution in [0.2, 0.25) is 0 Å². The van der Waals surface area contributed by atoms with Crippen molar-refractivity contribution in [3.63, 3.8) is 0 Å². The molecular weight excluding hydrogens is 168 g/mol. The summed E-state index contributed by atoms with van der Waals surface area (Å²) in [6.45, 7) is 7.97. The highest BCUT2D eigenvalue weighted by atomic mass is 32.1. The second-order valence-electron chi connectivity index (χ2n) is 3.95. The Morgan fingerprint density at radius 1 is 1.42 bits per heavy atom. The van der Waals surface area contributed by atoms with E-state index in [1.807, 2.05) is 19.2 Å². The van der Waals surface area contributed by atoms with Crippen molar-refractivity contribution in [2.75, 3.05) is 0 Å². The molecule has 12 heavy (non-hydrogen) atoms. The van der Waals surface area contributed by atoms with Crippen LogP contribution in [0.15, 0.2) is 11.4 Å². The fraction of sp³-hybridized carbons (Fsp3) is 0.600. The summed E-state index contributed by atoms with van der Waals surface area (Å²) in [7, 11) is 0. The molecule has 1 aromatic heterocycles. The van der Waals surface area contributed by atoms with E-state index in [9.17, 15) is 5.11 Å². The molecule has 0 fully saturated rings. The molecule has 0 aromatic carbocycles. The van der Waals surface area contributed by atoms with Gasteiger partial charge in [0.15, 0.2) is 0 Å². The maximum Gasteiger partial charge on any atom is 0.0848 e. The second-order valence-corrected chi connectivity index (χ2v) is 4.89. The van der Waals surface area contributed by atoms with Crippen LogP contribution in [-0.4, -0.2) is 5.11 Å². The Labute approximate surface area is 78.1 Å². The van der Waals surface area contributed by atoms with Crippen molar-refractivity contribution in [3.8, 4) is 0 Å². The van der Waals surface area contributed by atoms with Crippen LogP contribution in [0.1, 0.15) is 44.1 Å². The Bertz CT molecular complexity index is 255. The van der Waals surface area contributed by atoms with Crippen LogP contribution in [0.5, 0.6) is 0 Å². The van der Waals surface area contributed by atoms with Gasteiger partial charge >= 0.3 is 0 Å². The standard InChI is InChI=1S/C10H16OS/c1-7(2)9-5-8(6-12-9)10(3,4)11/h5-7,11H,1-4H3. The molecule has 0 aliphatic heterocycles. The van der Waals surface area contributed by atoms with Crippen molar-refractivity contribution < 1.29 is 5.11 Å². The number of hydrogen-bond donors (Lipinski definition) is 1. The van der Waals surface area contributed by atoms with Gasteiger partial charge in [0.05, 0.1) is 5.60 Å². The Kier molecular flexibility index (Phi) is 2.59. The Morgan fingerprint density at radius 2 is 2.00 bits per heavy atom. The van der Waals surface area contributed by atoms with Gasteiger partial charge in [0.25, 0.3) is 0 Å². The molecule has 0 bridgehead atoms. The van der Waals surface area contributed by atoms with Crippen LogP contribution >= 0.6 is 11.3 Å². The molecule has 1 N–H and O–H groups in total. The molecule has 0 atom stereocenters. The van der Waals surface area contributed by atoms with Crippen molar-refractivity contribution in [1.29, 1.82) is 0 Å². The van der Waals surface area contributed by atoms with Crippen molar-refractivity contribution in [2.24, 2.45) is 0 Å². The normalized spacial score (nSPS) is 12.5. The summed E-state index contributed by atoms with van der Waals surface area (Å²) in [5.74, 6) is 0.561. The average Bonchev–Trinajstić information content (AvgIpc) is 2.30. The Balaban J connectivity index is 2.92. The quantitative estimate of drug-likeness (QED) is 0.748. The minimum absolute atomic E-state index is 0.561. The molecule has 0 amide bonds. The highest BCUT2D eigenvalue weighted by Gasteiger charge is 2.17. The van der Waals surface area contributed by atoms with Gasteiger partial charge in [-0.05, 0) is 36.8 Å². The lowest BCUT2D eigenvalue weighted by Gasteiger charge is -2.14. The summed E-state index contributed by atoms with van der Waals surface area (Å²) in [4.78, 5) is 1.34. The van der Waals surface area contributed by atoms with Crippen molar-refractivity contribution in [1.82, 2.24) is 0 Å². The minimum Gasteiger partial charge on any atom is -0.386 e. The molecule has 0 aliphatic carbocycles.